The summed E-state index contributed by atoms with van der Waals surface area (Å²) in [6.07, 6.45) is 7.96. The van der Waals surface area contributed by atoms with E-state index in [4.69, 9.17) is 10.5 Å². The molecule has 0 amide bonds. The Morgan fingerprint density at radius 3 is 2.62 bits per heavy atom. The van der Waals surface area contributed by atoms with Crippen molar-refractivity contribution in [3.05, 3.63) is 0 Å². The summed E-state index contributed by atoms with van der Waals surface area (Å²) in [4.78, 5) is 0. The third kappa shape index (κ3) is 2.96. The molecule has 3 heteroatoms. The Labute approximate surface area is 99.1 Å². The fraction of sp³-hybridized carbons (Fsp3) is 1.00. The highest BCUT2D eigenvalue weighted by Gasteiger charge is 2.33. The zero-order valence-electron chi connectivity index (χ0n) is 10.5. The molecule has 0 aromatic rings. The lowest BCUT2D eigenvalue weighted by molar-refractivity contribution is 0.0928. The number of nitrogens with one attached hydrogen (secondary N) is 1. The maximum Gasteiger partial charge on any atom is 0.0700 e. The molecule has 3 N–H and O–H groups in total. The van der Waals surface area contributed by atoms with Gasteiger partial charge < -0.3 is 15.8 Å². The predicted molar refractivity (Wildman–Crippen MR) is 66.4 cm³/mol. The summed E-state index contributed by atoms with van der Waals surface area (Å²) in [5.41, 5.74) is 6.17. The van der Waals surface area contributed by atoms with Gasteiger partial charge in [-0.05, 0) is 44.4 Å². The molecule has 3 nitrogen and oxygen atoms in total. The van der Waals surface area contributed by atoms with E-state index in [1.54, 1.807) is 0 Å². The Bertz CT molecular complexity index is 206. The number of hydrogen-bond donors (Lipinski definition) is 2. The van der Waals surface area contributed by atoms with E-state index in [-0.39, 0.29) is 5.54 Å². The maximum absolute atomic E-state index is 5.97. The first-order valence-electron chi connectivity index (χ1n) is 6.81. The number of rotatable bonds is 4. The second kappa shape index (κ2) is 5.48. The van der Waals surface area contributed by atoms with Crippen LogP contribution in [0.3, 0.4) is 0 Å². The first-order chi connectivity index (χ1) is 7.74. The molecule has 1 aliphatic heterocycles. The van der Waals surface area contributed by atoms with E-state index in [1.807, 2.05) is 0 Å². The summed E-state index contributed by atoms with van der Waals surface area (Å²) < 4.78 is 5.65. The standard InChI is InChI=1S/C13H26N2O/c1-11-4-6-13(10-14,7-5-11)15-9-12-3-2-8-16-12/h11-12,15H,2-10,14H2,1H3. The van der Waals surface area contributed by atoms with Crippen LogP contribution in [0.25, 0.3) is 0 Å². The van der Waals surface area contributed by atoms with Crippen molar-refractivity contribution in [2.45, 2.75) is 57.1 Å². The van der Waals surface area contributed by atoms with Crippen LogP contribution in [0.4, 0.5) is 0 Å². The summed E-state index contributed by atoms with van der Waals surface area (Å²) in [6, 6.07) is 0. The van der Waals surface area contributed by atoms with Gasteiger partial charge in [-0.1, -0.05) is 6.92 Å². The number of nitrogens with two attached hydrogens (primary N) is 1. The molecule has 1 heterocycles. The van der Waals surface area contributed by atoms with E-state index >= 15 is 0 Å². The third-order valence-electron chi connectivity index (χ3n) is 4.35. The fourth-order valence-electron chi connectivity index (χ4n) is 2.90. The van der Waals surface area contributed by atoms with E-state index in [0.29, 0.717) is 6.10 Å². The Morgan fingerprint density at radius 2 is 2.06 bits per heavy atom. The van der Waals surface area contributed by atoms with Crippen molar-refractivity contribution in [1.82, 2.24) is 5.32 Å². The van der Waals surface area contributed by atoms with Crippen LogP contribution in [0, 0.1) is 5.92 Å². The van der Waals surface area contributed by atoms with Gasteiger partial charge in [-0.25, -0.2) is 0 Å². The van der Waals surface area contributed by atoms with Crippen molar-refractivity contribution >= 4 is 0 Å². The summed E-state index contributed by atoms with van der Waals surface area (Å²) in [7, 11) is 0. The van der Waals surface area contributed by atoms with Gasteiger partial charge >= 0.3 is 0 Å². The van der Waals surface area contributed by atoms with Crippen LogP contribution in [0.1, 0.15) is 45.4 Å². The molecule has 1 unspecified atom stereocenters. The van der Waals surface area contributed by atoms with Gasteiger partial charge in [0.25, 0.3) is 0 Å². The summed E-state index contributed by atoms with van der Waals surface area (Å²) in [6.45, 7) is 5.05. The zero-order valence-corrected chi connectivity index (χ0v) is 10.5. The van der Waals surface area contributed by atoms with E-state index < -0.39 is 0 Å². The minimum absolute atomic E-state index is 0.207. The molecule has 1 saturated carbocycles. The quantitative estimate of drug-likeness (QED) is 0.766. The minimum Gasteiger partial charge on any atom is -0.377 e. The Hall–Kier alpha value is -0.120. The van der Waals surface area contributed by atoms with Gasteiger partial charge in [0, 0.05) is 25.2 Å². The molecular weight excluding hydrogens is 200 g/mol. The van der Waals surface area contributed by atoms with Gasteiger partial charge in [0.05, 0.1) is 6.10 Å². The molecule has 1 aliphatic carbocycles. The van der Waals surface area contributed by atoms with Crippen molar-refractivity contribution in [2.75, 3.05) is 19.7 Å². The Morgan fingerprint density at radius 1 is 1.31 bits per heavy atom. The molecule has 0 aromatic heterocycles. The van der Waals surface area contributed by atoms with Crippen LogP contribution < -0.4 is 11.1 Å². The number of ether oxygens (including phenoxy) is 1. The fourth-order valence-corrected chi connectivity index (χ4v) is 2.90. The van der Waals surface area contributed by atoms with Crippen molar-refractivity contribution < 1.29 is 4.74 Å². The highest BCUT2D eigenvalue weighted by molar-refractivity contribution is 4.93. The first kappa shape index (κ1) is 12.3. The van der Waals surface area contributed by atoms with E-state index in [1.165, 1.54) is 38.5 Å². The van der Waals surface area contributed by atoms with E-state index in [2.05, 4.69) is 12.2 Å². The normalized spacial score (nSPS) is 40.1. The molecule has 2 fully saturated rings. The number of hydrogen-bond acceptors (Lipinski definition) is 3. The predicted octanol–water partition coefficient (Wildman–Crippen LogP) is 1.66. The lowest BCUT2D eigenvalue weighted by Gasteiger charge is -2.40. The van der Waals surface area contributed by atoms with E-state index in [0.717, 1.165) is 25.6 Å². The van der Waals surface area contributed by atoms with Gasteiger partial charge in [-0.2, -0.15) is 0 Å². The molecule has 1 atom stereocenters. The summed E-state index contributed by atoms with van der Waals surface area (Å²) >= 11 is 0. The second-order valence-electron chi connectivity index (χ2n) is 5.68. The van der Waals surface area contributed by atoms with Crippen molar-refractivity contribution in [2.24, 2.45) is 11.7 Å². The zero-order chi connectivity index (χ0) is 11.4. The third-order valence-corrected chi connectivity index (χ3v) is 4.35. The van der Waals surface area contributed by atoms with Crippen LogP contribution >= 0.6 is 0 Å². The minimum atomic E-state index is 0.207. The summed E-state index contributed by atoms with van der Waals surface area (Å²) in [5, 5.41) is 3.70. The molecule has 2 rings (SSSR count). The molecule has 16 heavy (non-hydrogen) atoms. The molecule has 0 spiro atoms. The highest BCUT2D eigenvalue weighted by Crippen LogP contribution is 2.31. The molecule has 0 aromatic carbocycles. The van der Waals surface area contributed by atoms with Crippen LogP contribution in [0.5, 0.6) is 0 Å². The lowest BCUT2D eigenvalue weighted by atomic mass is 9.77. The molecule has 0 bridgehead atoms. The van der Waals surface area contributed by atoms with Crippen molar-refractivity contribution in [3.63, 3.8) is 0 Å². The largest absolute Gasteiger partial charge is 0.377 e. The summed E-state index contributed by atoms with van der Waals surface area (Å²) in [5.74, 6) is 0.879. The molecule has 94 valence electrons. The van der Waals surface area contributed by atoms with E-state index in [9.17, 15) is 0 Å². The monoisotopic (exact) mass is 226 g/mol. The lowest BCUT2D eigenvalue weighted by Crippen LogP contribution is -2.55. The smallest absolute Gasteiger partial charge is 0.0700 e. The van der Waals surface area contributed by atoms with Crippen LogP contribution in [0.15, 0.2) is 0 Å². The van der Waals surface area contributed by atoms with Crippen LogP contribution in [0.2, 0.25) is 0 Å². The van der Waals surface area contributed by atoms with Gasteiger partial charge in [0.15, 0.2) is 0 Å². The van der Waals surface area contributed by atoms with Crippen molar-refractivity contribution in [1.29, 1.82) is 0 Å². The second-order valence-corrected chi connectivity index (χ2v) is 5.68. The van der Waals surface area contributed by atoms with Crippen LogP contribution in [-0.2, 0) is 4.74 Å². The van der Waals surface area contributed by atoms with Gasteiger partial charge in [0.1, 0.15) is 0 Å². The van der Waals surface area contributed by atoms with Gasteiger partial charge in [0.2, 0.25) is 0 Å². The van der Waals surface area contributed by atoms with Crippen LogP contribution in [-0.4, -0.2) is 31.3 Å². The Kier molecular flexibility index (Phi) is 4.22. The van der Waals surface area contributed by atoms with Gasteiger partial charge in [-0.15, -0.1) is 0 Å². The Balaban J connectivity index is 1.79. The molecule has 1 saturated heterocycles. The van der Waals surface area contributed by atoms with Crippen molar-refractivity contribution in [3.8, 4) is 0 Å². The average Bonchev–Trinajstić information content (AvgIpc) is 2.82. The topological polar surface area (TPSA) is 47.3 Å². The average molecular weight is 226 g/mol. The molecular formula is C13H26N2O. The van der Waals surface area contributed by atoms with Gasteiger partial charge in [-0.3, -0.25) is 0 Å². The first-order valence-corrected chi connectivity index (χ1v) is 6.81. The molecule has 2 aliphatic rings. The maximum atomic E-state index is 5.97. The highest BCUT2D eigenvalue weighted by atomic mass is 16.5. The SMILES string of the molecule is CC1CCC(CN)(NCC2CCCO2)CC1. The molecule has 0 radical (unpaired) electrons.